The summed E-state index contributed by atoms with van der Waals surface area (Å²) < 4.78 is 16.0. The lowest BCUT2D eigenvalue weighted by atomic mass is 10.1. The van der Waals surface area contributed by atoms with Gasteiger partial charge < -0.3 is 14.0 Å². The van der Waals surface area contributed by atoms with E-state index in [0.717, 1.165) is 12.0 Å². The first-order chi connectivity index (χ1) is 11.8. The molecule has 4 rings (SSSR count). The van der Waals surface area contributed by atoms with E-state index in [1.165, 1.54) is 5.56 Å². The Balaban J connectivity index is 1.56. The van der Waals surface area contributed by atoms with Crippen LogP contribution in [-0.4, -0.2) is 29.3 Å². The van der Waals surface area contributed by atoms with Crippen molar-refractivity contribution in [3.05, 3.63) is 54.2 Å². The second kappa shape index (κ2) is 5.96. The molecule has 1 saturated carbocycles. The Morgan fingerprint density at radius 3 is 2.71 bits per heavy atom. The molecule has 6 nitrogen and oxygen atoms in total. The largest absolute Gasteiger partial charge is 0.493 e. The Bertz CT molecular complexity index is 848. The van der Waals surface area contributed by atoms with Gasteiger partial charge in [-0.15, -0.1) is 0 Å². The lowest BCUT2D eigenvalue weighted by Crippen LogP contribution is -1.91. The summed E-state index contributed by atoms with van der Waals surface area (Å²) in [6.45, 7) is 0. The molecule has 1 aromatic carbocycles. The molecule has 6 heteroatoms. The van der Waals surface area contributed by atoms with Gasteiger partial charge in [-0.3, -0.25) is 4.98 Å². The minimum atomic E-state index is 0.274. The molecule has 24 heavy (non-hydrogen) atoms. The van der Waals surface area contributed by atoms with Crippen LogP contribution >= 0.6 is 0 Å². The highest BCUT2D eigenvalue weighted by molar-refractivity contribution is 5.60. The molecule has 1 aliphatic carbocycles. The van der Waals surface area contributed by atoms with E-state index in [-0.39, 0.29) is 5.92 Å². The van der Waals surface area contributed by atoms with E-state index in [9.17, 15) is 0 Å². The normalized spacial score (nSPS) is 19.1. The lowest BCUT2D eigenvalue weighted by Gasteiger charge is -2.07. The van der Waals surface area contributed by atoms with Crippen LogP contribution in [0.5, 0.6) is 11.5 Å². The van der Waals surface area contributed by atoms with Crippen LogP contribution in [0.2, 0.25) is 0 Å². The van der Waals surface area contributed by atoms with E-state index >= 15 is 0 Å². The predicted octanol–water partition coefficient (Wildman–Crippen LogP) is 3.42. The SMILES string of the molecule is COc1ccc(-c2noc([C@H]3C[C@H]3c3cccnc3)n2)cc1OC. The molecular formula is C18H17N3O3. The molecule has 0 saturated heterocycles. The van der Waals surface area contributed by atoms with Gasteiger partial charge in [0.2, 0.25) is 11.7 Å². The van der Waals surface area contributed by atoms with Crippen molar-refractivity contribution < 1.29 is 14.0 Å². The molecule has 0 amide bonds. The maximum absolute atomic E-state index is 5.47. The molecule has 0 radical (unpaired) electrons. The smallest absolute Gasteiger partial charge is 0.230 e. The molecule has 0 unspecified atom stereocenters. The Kier molecular flexibility index (Phi) is 3.65. The summed E-state index contributed by atoms with van der Waals surface area (Å²) in [4.78, 5) is 8.72. The van der Waals surface area contributed by atoms with Crippen molar-refractivity contribution in [1.82, 2.24) is 15.1 Å². The van der Waals surface area contributed by atoms with Crippen LogP contribution < -0.4 is 9.47 Å². The third-order valence-electron chi connectivity index (χ3n) is 4.30. The topological polar surface area (TPSA) is 70.3 Å². The summed E-state index contributed by atoms with van der Waals surface area (Å²) in [5.41, 5.74) is 2.05. The zero-order chi connectivity index (χ0) is 16.5. The summed E-state index contributed by atoms with van der Waals surface area (Å²) >= 11 is 0. The maximum atomic E-state index is 5.47. The van der Waals surface area contributed by atoms with Crippen molar-refractivity contribution in [3.8, 4) is 22.9 Å². The van der Waals surface area contributed by atoms with Gasteiger partial charge in [0, 0.05) is 23.9 Å². The monoisotopic (exact) mass is 323 g/mol. The Morgan fingerprint density at radius 2 is 1.96 bits per heavy atom. The van der Waals surface area contributed by atoms with Gasteiger partial charge in [-0.05, 0) is 42.2 Å². The van der Waals surface area contributed by atoms with Crippen molar-refractivity contribution >= 4 is 0 Å². The Morgan fingerprint density at radius 1 is 1.08 bits per heavy atom. The summed E-state index contributed by atoms with van der Waals surface area (Å²) in [7, 11) is 3.21. The lowest BCUT2D eigenvalue weighted by molar-refractivity contribution is 0.355. The highest BCUT2D eigenvalue weighted by Crippen LogP contribution is 2.54. The number of rotatable bonds is 5. The highest BCUT2D eigenvalue weighted by atomic mass is 16.5. The third-order valence-corrected chi connectivity index (χ3v) is 4.30. The second-order valence-electron chi connectivity index (χ2n) is 5.76. The first-order valence-electron chi connectivity index (χ1n) is 7.76. The molecule has 2 heterocycles. The van der Waals surface area contributed by atoms with Gasteiger partial charge in [-0.25, -0.2) is 0 Å². The highest BCUT2D eigenvalue weighted by Gasteiger charge is 2.43. The zero-order valence-corrected chi connectivity index (χ0v) is 13.5. The third kappa shape index (κ3) is 2.60. The van der Waals surface area contributed by atoms with Gasteiger partial charge >= 0.3 is 0 Å². The molecule has 2 atom stereocenters. The molecule has 0 spiro atoms. The Labute approximate surface area is 139 Å². The van der Waals surface area contributed by atoms with Crippen LogP contribution in [0.25, 0.3) is 11.4 Å². The van der Waals surface area contributed by atoms with E-state index in [0.29, 0.717) is 29.1 Å². The zero-order valence-electron chi connectivity index (χ0n) is 13.5. The number of hydrogen-bond acceptors (Lipinski definition) is 6. The van der Waals surface area contributed by atoms with Crippen LogP contribution in [0.1, 0.15) is 29.7 Å². The molecule has 0 N–H and O–H groups in total. The van der Waals surface area contributed by atoms with Crippen molar-refractivity contribution in [2.45, 2.75) is 18.3 Å². The number of hydrogen-bond donors (Lipinski definition) is 0. The van der Waals surface area contributed by atoms with E-state index in [4.69, 9.17) is 14.0 Å². The molecule has 1 aliphatic rings. The summed E-state index contributed by atoms with van der Waals surface area (Å²) in [5, 5.41) is 4.11. The van der Waals surface area contributed by atoms with E-state index < -0.39 is 0 Å². The van der Waals surface area contributed by atoms with E-state index in [1.54, 1.807) is 20.4 Å². The standard InChI is InChI=1S/C18H17N3O3/c1-22-15-6-5-11(8-16(15)23-2)17-20-18(24-21-17)14-9-13(14)12-4-3-7-19-10-12/h3-8,10,13-14H,9H2,1-2H3/t13-,14-/m0/s1. The number of ether oxygens (including phenoxy) is 2. The fraction of sp³-hybridized carbons (Fsp3) is 0.278. The summed E-state index contributed by atoms with van der Waals surface area (Å²) in [5.74, 6) is 3.23. The van der Waals surface area contributed by atoms with Crippen LogP contribution in [0.15, 0.2) is 47.2 Å². The van der Waals surface area contributed by atoms with Crippen molar-refractivity contribution in [2.75, 3.05) is 14.2 Å². The van der Waals surface area contributed by atoms with Gasteiger partial charge in [0.25, 0.3) is 0 Å². The fourth-order valence-corrected chi connectivity index (χ4v) is 2.91. The second-order valence-corrected chi connectivity index (χ2v) is 5.76. The molecule has 0 bridgehead atoms. The predicted molar refractivity (Wildman–Crippen MR) is 87.2 cm³/mol. The van der Waals surface area contributed by atoms with Crippen LogP contribution in [-0.2, 0) is 0 Å². The molecule has 1 fully saturated rings. The first kappa shape index (κ1) is 14.7. The van der Waals surface area contributed by atoms with Gasteiger partial charge in [-0.1, -0.05) is 11.2 Å². The number of nitrogens with zero attached hydrogens (tertiary/aromatic N) is 3. The van der Waals surface area contributed by atoms with Crippen LogP contribution in [0.3, 0.4) is 0 Å². The fourth-order valence-electron chi connectivity index (χ4n) is 2.91. The average Bonchev–Trinajstić information content (AvgIpc) is 3.30. The molecule has 122 valence electrons. The van der Waals surface area contributed by atoms with Crippen LogP contribution in [0, 0.1) is 0 Å². The van der Waals surface area contributed by atoms with Gasteiger partial charge in [0.15, 0.2) is 11.5 Å². The molecule has 3 aromatic rings. The average molecular weight is 323 g/mol. The van der Waals surface area contributed by atoms with Crippen molar-refractivity contribution in [2.24, 2.45) is 0 Å². The van der Waals surface area contributed by atoms with Gasteiger partial charge in [0.1, 0.15) is 0 Å². The Hall–Kier alpha value is -2.89. The first-order valence-corrected chi connectivity index (χ1v) is 7.76. The minimum Gasteiger partial charge on any atom is -0.493 e. The molecular weight excluding hydrogens is 306 g/mol. The number of pyridine rings is 1. The number of aromatic nitrogens is 3. The molecule has 0 aliphatic heterocycles. The quantitative estimate of drug-likeness (QED) is 0.716. The van der Waals surface area contributed by atoms with Gasteiger partial charge in [0.05, 0.1) is 14.2 Å². The van der Waals surface area contributed by atoms with Crippen molar-refractivity contribution in [3.63, 3.8) is 0 Å². The number of benzene rings is 1. The summed E-state index contributed by atoms with van der Waals surface area (Å²) in [6, 6.07) is 9.61. The summed E-state index contributed by atoms with van der Waals surface area (Å²) in [6.07, 6.45) is 4.69. The van der Waals surface area contributed by atoms with E-state index in [1.807, 2.05) is 30.5 Å². The van der Waals surface area contributed by atoms with Gasteiger partial charge in [-0.2, -0.15) is 4.98 Å². The number of methoxy groups -OCH3 is 2. The van der Waals surface area contributed by atoms with E-state index in [2.05, 4.69) is 21.2 Å². The molecule has 2 aromatic heterocycles. The van der Waals surface area contributed by atoms with Crippen molar-refractivity contribution in [1.29, 1.82) is 0 Å². The van der Waals surface area contributed by atoms with Crippen LogP contribution in [0.4, 0.5) is 0 Å². The minimum absolute atomic E-state index is 0.274. The maximum Gasteiger partial charge on any atom is 0.230 e.